The molecule has 0 unspecified atom stereocenters. The summed E-state index contributed by atoms with van der Waals surface area (Å²) in [5, 5.41) is 2.53. The Morgan fingerprint density at radius 1 is 0.966 bits per heavy atom. The number of rotatable bonds is 10. The van der Waals surface area contributed by atoms with Crippen molar-refractivity contribution in [1.82, 2.24) is 0 Å². The number of carbonyl (C=O) groups excluding carboxylic acids is 1. The first-order valence-corrected chi connectivity index (χ1v) is 12.6. The molecule has 0 aliphatic rings. The van der Waals surface area contributed by atoms with Crippen LogP contribution in [0.5, 0.6) is 0 Å². The zero-order valence-electron chi connectivity index (χ0n) is 16.5. The molecule has 0 bridgehead atoms. The minimum atomic E-state index is -3.78. The second kappa shape index (κ2) is 9.89. The number of carbonyl (C=O) groups is 1. The van der Waals surface area contributed by atoms with Crippen LogP contribution in [0, 0.1) is 6.92 Å². The Labute approximate surface area is 172 Å². The Morgan fingerprint density at radius 2 is 1.66 bits per heavy atom. The highest BCUT2D eigenvalue weighted by Gasteiger charge is 2.18. The van der Waals surface area contributed by atoms with Crippen LogP contribution in [0.2, 0.25) is 0 Å². The second-order valence-electron chi connectivity index (χ2n) is 6.80. The number of sulfonamides is 1. The Hall–Kier alpha value is -2.39. The summed E-state index contributed by atoms with van der Waals surface area (Å²) < 4.78 is 51.6. The Morgan fingerprint density at radius 3 is 2.31 bits per heavy atom. The predicted molar refractivity (Wildman–Crippen MR) is 115 cm³/mol. The van der Waals surface area contributed by atoms with Crippen molar-refractivity contribution < 1.29 is 21.6 Å². The number of anilines is 2. The summed E-state index contributed by atoms with van der Waals surface area (Å²) in [6.07, 6.45) is 2.22. The van der Waals surface area contributed by atoms with Crippen molar-refractivity contribution in [1.29, 1.82) is 0 Å². The van der Waals surface area contributed by atoms with E-state index in [0.29, 0.717) is 23.4 Å². The topological polar surface area (TPSA) is 109 Å². The zero-order valence-corrected chi connectivity index (χ0v) is 18.1. The fourth-order valence-electron chi connectivity index (χ4n) is 2.65. The summed E-state index contributed by atoms with van der Waals surface area (Å²) >= 11 is 0. The smallest absolute Gasteiger partial charge is 0.261 e. The molecule has 0 saturated carbocycles. The third-order valence-electron chi connectivity index (χ3n) is 4.23. The monoisotopic (exact) mass is 438 g/mol. The van der Waals surface area contributed by atoms with Gasteiger partial charge in [0, 0.05) is 5.69 Å². The summed E-state index contributed by atoms with van der Waals surface area (Å²) in [5.41, 5.74) is 1.28. The van der Waals surface area contributed by atoms with E-state index in [1.54, 1.807) is 37.3 Å². The summed E-state index contributed by atoms with van der Waals surface area (Å²) in [6, 6.07) is 12.6. The van der Waals surface area contributed by atoms with Crippen LogP contribution in [-0.4, -0.2) is 34.2 Å². The van der Waals surface area contributed by atoms with Crippen molar-refractivity contribution in [2.75, 3.05) is 21.5 Å². The molecule has 0 fully saturated rings. The number of nitrogens with one attached hydrogen (secondary N) is 2. The maximum Gasteiger partial charge on any atom is 0.261 e. The molecule has 2 rings (SSSR count). The van der Waals surface area contributed by atoms with E-state index in [4.69, 9.17) is 0 Å². The maximum absolute atomic E-state index is 12.5. The van der Waals surface area contributed by atoms with E-state index >= 15 is 0 Å². The van der Waals surface area contributed by atoms with Crippen LogP contribution >= 0.6 is 0 Å². The van der Waals surface area contributed by atoms with Crippen molar-refractivity contribution in [3.8, 4) is 0 Å². The molecule has 0 aliphatic carbocycles. The van der Waals surface area contributed by atoms with Gasteiger partial charge in [0.2, 0.25) is 5.91 Å². The highest BCUT2D eigenvalue weighted by atomic mass is 32.2. The van der Waals surface area contributed by atoms with Gasteiger partial charge in [0.25, 0.3) is 10.0 Å². The van der Waals surface area contributed by atoms with E-state index in [0.717, 1.165) is 12.8 Å². The fourth-order valence-corrected chi connectivity index (χ4v) is 5.06. The third kappa shape index (κ3) is 7.17. The van der Waals surface area contributed by atoms with Crippen molar-refractivity contribution >= 4 is 37.1 Å². The van der Waals surface area contributed by atoms with E-state index in [9.17, 15) is 21.6 Å². The van der Waals surface area contributed by atoms with Crippen molar-refractivity contribution in [2.24, 2.45) is 0 Å². The van der Waals surface area contributed by atoms with Gasteiger partial charge in [-0.15, -0.1) is 0 Å². The van der Waals surface area contributed by atoms with Crippen molar-refractivity contribution in [2.45, 2.75) is 38.0 Å². The van der Waals surface area contributed by atoms with Crippen LogP contribution in [0.1, 0.15) is 31.7 Å². The normalized spacial score (nSPS) is 11.8. The summed E-state index contributed by atoms with van der Waals surface area (Å²) in [7, 11) is -7.26. The molecule has 7 nitrogen and oxygen atoms in total. The van der Waals surface area contributed by atoms with Crippen molar-refractivity contribution in [3.63, 3.8) is 0 Å². The summed E-state index contributed by atoms with van der Waals surface area (Å²) in [4.78, 5) is 12.3. The van der Waals surface area contributed by atoms with E-state index in [-0.39, 0.29) is 10.6 Å². The summed E-state index contributed by atoms with van der Waals surface area (Å²) in [6.45, 7) is 3.70. The lowest BCUT2D eigenvalue weighted by Crippen LogP contribution is -2.24. The number of aryl methyl sites for hydroxylation is 1. The van der Waals surface area contributed by atoms with Gasteiger partial charge >= 0.3 is 0 Å². The average molecular weight is 439 g/mol. The van der Waals surface area contributed by atoms with Gasteiger partial charge in [0.1, 0.15) is 5.75 Å². The van der Waals surface area contributed by atoms with Crippen molar-refractivity contribution in [3.05, 3.63) is 54.1 Å². The number of benzene rings is 2. The van der Waals surface area contributed by atoms with Crippen LogP contribution in [0.15, 0.2) is 53.4 Å². The molecule has 158 valence electrons. The third-order valence-corrected chi connectivity index (χ3v) is 7.22. The van der Waals surface area contributed by atoms with Gasteiger partial charge < -0.3 is 5.32 Å². The van der Waals surface area contributed by atoms with E-state index < -0.39 is 31.5 Å². The lowest BCUT2D eigenvalue weighted by molar-refractivity contribution is -0.113. The van der Waals surface area contributed by atoms with Gasteiger partial charge in [-0.25, -0.2) is 16.8 Å². The predicted octanol–water partition coefficient (Wildman–Crippen LogP) is 3.34. The quantitative estimate of drug-likeness (QED) is 0.553. The summed E-state index contributed by atoms with van der Waals surface area (Å²) in [5.74, 6) is -1.28. The molecule has 0 atom stereocenters. The van der Waals surface area contributed by atoms with E-state index in [2.05, 4.69) is 10.0 Å². The number of hydrogen-bond acceptors (Lipinski definition) is 5. The van der Waals surface area contributed by atoms with Gasteiger partial charge in [0.05, 0.1) is 16.3 Å². The maximum atomic E-state index is 12.5. The number of hydrogen-bond donors (Lipinski definition) is 2. The Bertz CT molecular complexity index is 1050. The standard InChI is InChI=1S/C20H26N2O5S2/c1-3-4-8-13-28(24,25)15-20(23)21-17-12-11-16(2)19(14-17)22-29(26,27)18-9-6-5-7-10-18/h5-7,9-12,14,22H,3-4,8,13,15H2,1-2H3,(H,21,23). The van der Waals surface area contributed by atoms with Crippen LogP contribution in [0.4, 0.5) is 11.4 Å². The lowest BCUT2D eigenvalue weighted by atomic mass is 10.2. The number of unbranched alkanes of at least 4 members (excludes halogenated alkanes) is 2. The largest absolute Gasteiger partial charge is 0.325 e. The molecule has 0 aromatic heterocycles. The first-order chi connectivity index (χ1) is 13.6. The molecule has 9 heteroatoms. The highest BCUT2D eigenvalue weighted by Crippen LogP contribution is 2.23. The molecule has 0 spiro atoms. The molecule has 2 aromatic carbocycles. The van der Waals surface area contributed by atoms with Gasteiger partial charge in [-0.3, -0.25) is 9.52 Å². The molecule has 0 aliphatic heterocycles. The minimum absolute atomic E-state index is 0.0235. The van der Waals surface area contributed by atoms with Crippen LogP contribution in [0.3, 0.4) is 0 Å². The molecular weight excluding hydrogens is 412 g/mol. The SMILES string of the molecule is CCCCCS(=O)(=O)CC(=O)Nc1ccc(C)c(NS(=O)(=O)c2ccccc2)c1. The second-order valence-corrected chi connectivity index (χ2v) is 10.7. The van der Waals surface area contributed by atoms with E-state index in [1.807, 2.05) is 6.92 Å². The van der Waals surface area contributed by atoms with Gasteiger partial charge in [-0.1, -0.05) is 44.0 Å². The average Bonchev–Trinajstić information content (AvgIpc) is 2.64. The molecule has 1 amide bonds. The van der Waals surface area contributed by atoms with E-state index in [1.165, 1.54) is 18.2 Å². The Balaban J connectivity index is 2.10. The molecule has 2 aromatic rings. The molecular formula is C20H26N2O5S2. The van der Waals surface area contributed by atoms with Crippen LogP contribution in [0.25, 0.3) is 0 Å². The number of amides is 1. The van der Waals surface area contributed by atoms with Gasteiger partial charge in [-0.2, -0.15) is 0 Å². The zero-order chi connectivity index (χ0) is 21.5. The molecule has 0 saturated heterocycles. The molecule has 0 heterocycles. The van der Waals surface area contributed by atoms with Crippen LogP contribution < -0.4 is 10.0 Å². The first kappa shape index (κ1) is 22.9. The van der Waals surface area contributed by atoms with Gasteiger partial charge in [0.15, 0.2) is 9.84 Å². The van der Waals surface area contributed by atoms with Gasteiger partial charge in [-0.05, 0) is 43.2 Å². The lowest BCUT2D eigenvalue weighted by Gasteiger charge is -2.13. The fraction of sp³-hybridized carbons (Fsp3) is 0.350. The molecule has 0 radical (unpaired) electrons. The highest BCUT2D eigenvalue weighted by molar-refractivity contribution is 7.92. The van der Waals surface area contributed by atoms with Crippen LogP contribution in [-0.2, 0) is 24.7 Å². The molecule has 29 heavy (non-hydrogen) atoms. The minimum Gasteiger partial charge on any atom is -0.325 e. The first-order valence-electron chi connectivity index (χ1n) is 9.32. The number of sulfone groups is 1. The Kier molecular flexibility index (Phi) is 7.80. The molecule has 2 N–H and O–H groups in total.